The summed E-state index contributed by atoms with van der Waals surface area (Å²) in [6.45, 7) is 7.78. The number of carboxylic acid groups (broad SMARTS) is 1. The lowest BCUT2D eigenvalue weighted by atomic mass is 9.98. The van der Waals surface area contributed by atoms with Crippen LogP contribution >= 0.6 is 0 Å². The third-order valence-electron chi connectivity index (χ3n) is 2.71. The maximum absolute atomic E-state index is 11.7. The van der Waals surface area contributed by atoms with Gasteiger partial charge in [-0.1, -0.05) is 13.8 Å². The molecule has 0 bridgehead atoms. The highest BCUT2D eigenvalue weighted by molar-refractivity contribution is 5.79. The molecule has 6 nitrogen and oxygen atoms in total. The van der Waals surface area contributed by atoms with Gasteiger partial charge in [-0.05, 0) is 26.2 Å². The van der Waals surface area contributed by atoms with Gasteiger partial charge in [0.05, 0.1) is 0 Å². The minimum Gasteiger partial charge on any atom is -0.481 e. The first-order valence-corrected chi connectivity index (χ1v) is 6.92. The van der Waals surface area contributed by atoms with Crippen molar-refractivity contribution in [1.82, 2.24) is 10.6 Å². The molecule has 0 aliphatic rings. The Bertz CT molecular complexity index is 351. The predicted molar refractivity (Wildman–Crippen MR) is 76.2 cm³/mol. The number of carbonyl (C=O) groups excluding carboxylic acids is 2. The number of rotatable bonds is 9. The molecular formula is C14H26N2O4. The van der Waals surface area contributed by atoms with Gasteiger partial charge in [-0.2, -0.15) is 0 Å². The van der Waals surface area contributed by atoms with Crippen molar-refractivity contribution in [2.75, 3.05) is 6.54 Å². The summed E-state index contributed by atoms with van der Waals surface area (Å²) in [4.78, 5) is 33.6. The zero-order chi connectivity index (χ0) is 15.8. The second kappa shape index (κ2) is 8.55. The van der Waals surface area contributed by atoms with Gasteiger partial charge in [-0.15, -0.1) is 0 Å². The molecule has 0 saturated heterocycles. The molecule has 0 aromatic carbocycles. The lowest BCUT2D eigenvalue weighted by Crippen LogP contribution is -2.44. The molecule has 2 amide bonds. The highest BCUT2D eigenvalue weighted by Gasteiger charge is 2.21. The molecule has 116 valence electrons. The summed E-state index contributed by atoms with van der Waals surface area (Å²) in [6.07, 6.45) is 1.03. The van der Waals surface area contributed by atoms with E-state index in [0.717, 1.165) is 0 Å². The van der Waals surface area contributed by atoms with Gasteiger partial charge < -0.3 is 15.7 Å². The summed E-state index contributed by atoms with van der Waals surface area (Å²) >= 11 is 0. The van der Waals surface area contributed by atoms with Crippen molar-refractivity contribution in [2.24, 2.45) is 5.92 Å². The van der Waals surface area contributed by atoms with E-state index in [0.29, 0.717) is 25.3 Å². The quantitative estimate of drug-likeness (QED) is 0.595. The Kier molecular flexibility index (Phi) is 7.87. The summed E-state index contributed by atoms with van der Waals surface area (Å²) in [5, 5.41) is 14.1. The van der Waals surface area contributed by atoms with Crippen LogP contribution in [0.1, 0.15) is 53.4 Å². The van der Waals surface area contributed by atoms with Crippen molar-refractivity contribution in [2.45, 2.75) is 58.9 Å². The van der Waals surface area contributed by atoms with Gasteiger partial charge in [0, 0.05) is 31.3 Å². The zero-order valence-electron chi connectivity index (χ0n) is 12.8. The molecule has 0 rings (SSSR count). The topological polar surface area (TPSA) is 95.5 Å². The van der Waals surface area contributed by atoms with Crippen molar-refractivity contribution < 1.29 is 19.5 Å². The van der Waals surface area contributed by atoms with Gasteiger partial charge in [-0.3, -0.25) is 14.4 Å². The van der Waals surface area contributed by atoms with Gasteiger partial charge in [-0.25, -0.2) is 0 Å². The van der Waals surface area contributed by atoms with Crippen molar-refractivity contribution in [3.63, 3.8) is 0 Å². The van der Waals surface area contributed by atoms with Gasteiger partial charge in [0.2, 0.25) is 11.8 Å². The molecule has 20 heavy (non-hydrogen) atoms. The molecular weight excluding hydrogens is 260 g/mol. The van der Waals surface area contributed by atoms with E-state index in [1.165, 1.54) is 0 Å². The highest BCUT2D eigenvalue weighted by Crippen LogP contribution is 2.11. The van der Waals surface area contributed by atoms with Crippen LogP contribution in [0.4, 0.5) is 0 Å². The summed E-state index contributed by atoms with van der Waals surface area (Å²) in [5.74, 6) is -0.838. The van der Waals surface area contributed by atoms with Gasteiger partial charge in [0.1, 0.15) is 0 Å². The van der Waals surface area contributed by atoms with E-state index in [4.69, 9.17) is 5.11 Å². The van der Waals surface area contributed by atoms with Crippen LogP contribution in [-0.4, -0.2) is 35.0 Å². The smallest absolute Gasteiger partial charge is 0.303 e. The Morgan fingerprint density at radius 2 is 1.70 bits per heavy atom. The standard InChI is InChI=1S/C14H26N2O4/c1-10(2)9-12(18)15-8-6-11(17)16-14(3,4)7-5-13(19)20/h10H,5-9H2,1-4H3,(H,15,18)(H,16,17)(H,19,20). The molecule has 0 aliphatic carbocycles. The molecule has 6 heteroatoms. The Morgan fingerprint density at radius 1 is 1.10 bits per heavy atom. The lowest BCUT2D eigenvalue weighted by molar-refractivity contribution is -0.138. The van der Waals surface area contributed by atoms with E-state index < -0.39 is 11.5 Å². The summed E-state index contributed by atoms with van der Waals surface area (Å²) in [6, 6.07) is 0. The van der Waals surface area contributed by atoms with Crippen LogP contribution in [0.2, 0.25) is 0 Å². The Labute approximate surface area is 120 Å². The molecule has 0 saturated carbocycles. The van der Waals surface area contributed by atoms with Crippen LogP contribution in [0.3, 0.4) is 0 Å². The van der Waals surface area contributed by atoms with E-state index in [-0.39, 0.29) is 24.7 Å². The van der Waals surface area contributed by atoms with Crippen molar-refractivity contribution in [3.05, 3.63) is 0 Å². The fourth-order valence-electron chi connectivity index (χ4n) is 1.68. The zero-order valence-corrected chi connectivity index (χ0v) is 12.8. The van der Waals surface area contributed by atoms with E-state index in [9.17, 15) is 14.4 Å². The number of hydrogen-bond acceptors (Lipinski definition) is 3. The Morgan fingerprint density at radius 3 is 2.20 bits per heavy atom. The second-order valence-electron chi connectivity index (χ2n) is 6.02. The number of carbonyl (C=O) groups is 3. The van der Waals surface area contributed by atoms with Crippen molar-refractivity contribution >= 4 is 17.8 Å². The van der Waals surface area contributed by atoms with Crippen LogP contribution < -0.4 is 10.6 Å². The third kappa shape index (κ3) is 10.3. The molecule has 0 fully saturated rings. The second-order valence-corrected chi connectivity index (χ2v) is 6.02. The molecule has 0 aliphatic heterocycles. The van der Waals surface area contributed by atoms with E-state index in [2.05, 4.69) is 10.6 Å². The maximum atomic E-state index is 11.7. The minimum atomic E-state index is -0.881. The summed E-state index contributed by atoms with van der Waals surface area (Å²) < 4.78 is 0. The van der Waals surface area contributed by atoms with Crippen LogP contribution in [0.15, 0.2) is 0 Å². The molecule has 0 unspecified atom stereocenters. The first kappa shape index (κ1) is 18.4. The number of hydrogen-bond donors (Lipinski definition) is 3. The lowest BCUT2D eigenvalue weighted by Gasteiger charge is -2.25. The largest absolute Gasteiger partial charge is 0.481 e. The SMILES string of the molecule is CC(C)CC(=O)NCCC(=O)NC(C)(C)CCC(=O)O. The van der Waals surface area contributed by atoms with Crippen LogP contribution in [0.25, 0.3) is 0 Å². The van der Waals surface area contributed by atoms with E-state index >= 15 is 0 Å². The minimum absolute atomic E-state index is 0.0123. The molecule has 0 heterocycles. The molecule has 0 aromatic heterocycles. The average molecular weight is 286 g/mol. The Balaban J connectivity index is 3.93. The monoisotopic (exact) mass is 286 g/mol. The maximum Gasteiger partial charge on any atom is 0.303 e. The van der Waals surface area contributed by atoms with Crippen LogP contribution in [0, 0.1) is 5.92 Å². The van der Waals surface area contributed by atoms with E-state index in [1.54, 1.807) is 13.8 Å². The Hall–Kier alpha value is -1.59. The average Bonchev–Trinajstić information content (AvgIpc) is 2.24. The fourth-order valence-corrected chi connectivity index (χ4v) is 1.68. The van der Waals surface area contributed by atoms with E-state index in [1.807, 2.05) is 13.8 Å². The number of nitrogens with one attached hydrogen (secondary N) is 2. The van der Waals surface area contributed by atoms with Gasteiger partial charge in [0.25, 0.3) is 0 Å². The summed E-state index contributed by atoms with van der Waals surface area (Å²) in [5.41, 5.74) is -0.558. The predicted octanol–water partition coefficient (Wildman–Crippen LogP) is 1.30. The van der Waals surface area contributed by atoms with Gasteiger partial charge in [0.15, 0.2) is 0 Å². The van der Waals surface area contributed by atoms with Crippen LogP contribution in [0.5, 0.6) is 0 Å². The normalized spacial score (nSPS) is 11.2. The van der Waals surface area contributed by atoms with Crippen LogP contribution in [-0.2, 0) is 14.4 Å². The fraction of sp³-hybridized carbons (Fsp3) is 0.786. The first-order chi connectivity index (χ1) is 9.12. The molecule has 0 radical (unpaired) electrons. The first-order valence-electron chi connectivity index (χ1n) is 6.92. The molecule has 0 spiro atoms. The highest BCUT2D eigenvalue weighted by atomic mass is 16.4. The molecule has 0 aromatic rings. The molecule has 0 atom stereocenters. The number of amides is 2. The number of aliphatic carboxylic acids is 1. The number of carboxylic acids is 1. The van der Waals surface area contributed by atoms with Crippen molar-refractivity contribution in [1.29, 1.82) is 0 Å². The summed E-state index contributed by atoms with van der Waals surface area (Å²) in [7, 11) is 0. The molecule has 3 N–H and O–H groups in total. The van der Waals surface area contributed by atoms with Gasteiger partial charge >= 0.3 is 5.97 Å². The van der Waals surface area contributed by atoms with Crippen molar-refractivity contribution in [3.8, 4) is 0 Å². The third-order valence-corrected chi connectivity index (χ3v) is 2.71.